The predicted octanol–water partition coefficient (Wildman–Crippen LogP) is 1.84. The number of hydrogen-bond acceptors (Lipinski definition) is 5. The number of ether oxygens (including phenoxy) is 1. The highest BCUT2D eigenvalue weighted by Gasteiger charge is 2.37. The molecule has 1 aromatic carbocycles. The molecule has 3 aliphatic rings. The summed E-state index contributed by atoms with van der Waals surface area (Å²) in [5.74, 6) is 0.711. The molecule has 1 saturated carbocycles. The number of benzene rings is 1. The summed E-state index contributed by atoms with van der Waals surface area (Å²) in [7, 11) is 0. The van der Waals surface area contributed by atoms with Crippen LogP contribution in [-0.4, -0.2) is 98.1 Å². The molecule has 0 bridgehead atoms. The monoisotopic (exact) mass is 442 g/mol. The molecule has 4 rings (SSSR count). The van der Waals surface area contributed by atoms with E-state index in [1.54, 1.807) is 0 Å². The Morgan fingerprint density at radius 1 is 0.969 bits per heavy atom. The van der Waals surface area contributed by atoms with E-state index in [0.717, 1.165) is 77.3 Å². The lowest BCUT2D eigenvalue weighted by Gasteiger charge is -2.40. The van der Waals surface area contributed by atoms with Crippen molar-refractivity contribution in [2.45, 2.75) is 38.1 Å². The van der Waals surface area contributed by atoms with Crippen LogP contribution in [0, 0.1) is 5.92 Å². The molecule has 1 aromatic rings. The van der Waals surface area contributed by atoms with E-state index in [1.807, 2.05) is 35.2 Å². The lowest BCUT2D eigenvalue weighted by atomic mass is 9.95. The van der Waals surface area contributed by atoms with E-state index in [0.29, 0.717) is 19.0 Å². The molecule has 2 heterocycles. The zero-order valence-electron chi connectivity index (χ0n) is 19.2. The highest BCUT2D eigenvalue weighted by atomic mass is 16.5. The minimum Gasteiger partial charge on any atom is -0.379 e. The summed E-state index contributed by atoms with van der Waals surface area (Å²) in [6.07, 6.45) is 5.68. The number of hydrogen-bond donors (Lipinski definition) is 1. The van der Waals surface area contributed by atoms with Crippen LogP contribution in [0.5, 0.6) is 0 Å². The largest absolute Gasteiger partial charge is 0.379 e. The molecule has 2 saturated heterocycles. The Bertz CT molecular complexity index is 724. The van der Waals surface area contributed by atoms with Crippen molar-refractivity contribution in [3.63, 3.8) is 0 Å². The molecule has 1 atom stereocenters. The van der Waals surface area contributed by atoms with Gasteiger partial charge in [-0.2, -0.15) is 0 Å². The van der Waals surface area contributed by atoms with Crippen LogP contribution in [0.1, 0.15) is 42.5 Å². The highest BCUT2D eigenvalue weighted by Crippen LogP contribution is 2.31. The van der Waals surface area contributed by atoms with E-state index < -0.39 is 0 Å². The van der Waals surface area contributed by atoms with Gasteiger partial charge in [-0.3, -0.25) is 19.4 Å². The summed E-state index contributed by atoms with van der Waals surface area (Å²) in [6, 6.07) is 9.43. The van der Waals surface area contributed by atoms with Crippen LogP contribution < -0.4 is 5.32 Å². The van der Waals surface area contributed by atoms with Crippen molar-refractivity contribution in [1.82, 2.24) is 20.0 Å². The third-order valence-corrected chi connectivity index (χ3v) is 7.18. The molecule has 32 heavy (non-hydrogen) atoms. The fraction of sp³-hybridized carbons (Fsp3) is 0.680. The fourth-order valence-corrected chi connectivity index (χ4v) is 5.36. The number of amides is 2. The molecule has 176 valence electrons. The Morgan fingerprint density at radius 3 is 2.34 bits per heavy atom. The van der Waals surface area contributed by atoms with Gasteiger partial charge in [0.05, 0.1) is 19.3 Å². The van der Waals surface area contributed by atoms with Crippen molar-refractivity contribution in [3.8, 4) is 0 Å². The van der Waals surface area contributed by atoms with Gasteiger partial charge in [-0.1, -0.05) is 31.0 Å². The molecule has 7 nitrogen and oxygen atoms in total. The normalized spacial score (nSPS) is 22.1. The van der Waals surface area contributed by atoms with Crippen LogP contribution in [0.3, 0.4) is 0 Å². The maximum atomic E-state index is 13.3. The van der Waals surface area contributed by atoms with Gasteiger partial charge in [0, 0.05) is 51.4 Å². The number of morpholine rings is 1. The SMILES string of the molecule is O=C(NCCCN1CCOCC1)C(C1CCCC1)N1CCN(C(=O)c2ccccc2)CC1. The standard InChI is InChI=1S/C25H38N4O3/c30-24(26-11-6-12-27-17-19-32-20-18-27)23(21-7-4-5-8-21)28-13-15-29(16-14-28)25(31)22-9-2-1-3-10-22/h1-3,9-10,21,23H,4-8,11-20H2,(H,26,30). The summed E-state index contributed by atoms with van der Waals surface area (Å²) in [5, 5.41) is 3.24. The van der Waals surface area contributed by atoms with Crippen LogP contribution in [0.15, 0.2) is 30.3 Å². The summed E-state index contributed by atoms with van der Waals surface area (Å²) >= 11 is 0. The Labute approximate surface area is 192 Å². The second-order valence-corrected chi connectivity index (χ2v) is 9.28. The molecule has 0 radical (unpaired) electrons. The smallest absolute Gasteiger partial charge is 0.253 e. The van der Waals surface area contributed by atoms with Gasteiger partial charge in [0.15, 0.2) is 0 Å². The van der Waals surface area contributed by atoms with Crippen molar-refractivity contribution >= 4 is 11.8 Å². The van der Waals surface area contributed by atoms with Crippen molar-refractivity contribution in [3.05, 3.63) is 35.9 Å². The van der Waals surface area contributed by atoms with Gasteiger partial charge >= 0.3 is 0 Å². The van der Waals surface area contributed by atoms with E-state index >= 15 is 0 Å². The first kappa shape index (κ1) is 23.2. The predicted molar refractivity (Wildman–Crippen MR) is 125 cm³/mol. The van der Waals surface area contributed by atoms with Crippen LogP contribution in [0.4, 0.5) is 0 Å². The van der Waals surface area contributed by atoms with Gasteiger partial charge in [-0.25, -0.2) is 0 Å². The van der Waals surface area contributed by atoms with E-state index in [1.165, 1.54) is 12.8 Å². The first-order chi connectivity index (χ1) is 15.7. The first-order valence-corrected chi connectivity index (χ1v) is 12.4. The lowest BCUT2D eigenvalue weighted by Crippen LogP contribution is -2.58. The minimum absolute atomic E-state index is 0.0603. The molecule has 0 aromatic heterocycles. The molecular weight excluding hydrogens is 404 g/mol. The maximum Gasteiger partial charge on any atom is 0.253 e. The average molecular weight is 443 g/mol. The van der Waals surface area contributed by atoms with Gasteiger partial charge in [0.2, 0.25) is 5.91 Å². The van der Waals surface area contributed by atoms with Gasteiger partial charge in [0.25, 0.3) is 5.91 Å². The van der Waals surface area contributed by atoms with Crippen LogP contribution >= 0.6 is 0 Å². The van der Waals surface area contributed by atoms with E-state index in [4.69, 9.17) is 4.74 Å². The van der Waals surface area contributed by atoms with E-state index in [9.17, 15) is 9.59 Å². The minimum atomic E-state index is -0.0603. The average Bonchev–Trinajstić information content (AvgIpc) is 3.37. The van der Waals surface area contributed by atoms with Gasteiger partial charge in [-0.15, -0.1) is 0 Å². The van der Waals surface area contributed by atoms with E-state index in [2.05, 4.69) is 15.1 Å². The number of nitrogens with one attached hydrogen (secondary N) is 1. The zero-order chi connectivity index (χ0) is 22.2. The highest BCUT2D eigenvalue weighted by molar-refractivity contribution is 5.94. The van der Waals surface area contributed by atoms with Crippen molar-refractivity contribution in [1.29, 1.82) is 0 Å². The Balaban J connectivity index is 1.28. The number of carbonyl (C=O) groups is 2. The van der Waals surface area contributed by atoms with Crippen molar-refractivity contribution < 1.29 is 14.3 Å². The topological polar surface area (TPSA) is 65.1 Å². The third-order valence-electron chi connectivity index (χ3n) is 7.18. The summed E-state index contributed by atoms with van der Waals surface area (Å²) in [5.41, 5.74) is 0.742. The second-order valence-electron chi connectivity index (χ2n) is 9.28. The molecular formula is C25H38N4O3. The maximum absolute atomic E-state index is 13.3. The lowest BCUT2D eigenvalue weighted by molar-refractivity contribution is -0.129. The quantitative estimate of drug-likeness (QED) is 0.623. The number of nitrogens with zero attached hydrogens (tertiary/aromatic N) is 3. The van der Waals surface area contributed by atoms with Crippen LogP contribution in [0.2, 0.25) is 0 Å². The third kappa shape index (κ3) is 6.09. The number of rotatable bonds is 8. The Morgan fingerprint density at radius 2 is 1.66 bits per heavy atom. The second kappa shape index (κ2) is 11.8. The zero-order valence-corrected chi connectivity index (χ0v) is 19.2. The molecule has 1 unspecified atom stereocenters. The molecule has 3 fully saturated rings. The van der Waals surface area contributed by atoms with Gasteiger partial charge < -0.3 is 15.0 Å². The van der Waals surface area contributed by atoms with Gasteiger partial charge in [0.1, 0.15) is 0 Å². The molecule has 1 aliphatic carbocycles. The molecule has 2 amide bonds. The fourth-order valence-electron chi connectivity index (χ4n) is 5.36. The molecule has 1 N–H and O–H groups in total. The number of piperazine rings is 1. The van der Waals surface area contributed by atoms with Crippen molar-refractivity contribution in [2.75, 3.05) is 65.6 Å². The van der Waals surface area contributed by atoms with E-state index in [-0.39, 0.29) is 17.9 Å². The molecule has 0 spiro atoms. The number of carbonyl (C=O) groups excluding carboxylic acids is 2. The first-order valence-electron chi connectivity index (χ1n) is 12.4. The summed E-state index contributed by atoms with van der Waals surface area (Å²) in [4.78, 5) is 32.7. The molecule has 2 aliphatic heterocycles. The van der Waals surface area contributed by atoms with Crippen molar-refractivity contribution in [2.24, 2.45) is 5.92 Å². The summed E-state index contributed by atoms with van der Waals surface area (Å²) < 4.78 is 5.41. The van der Waals surface area contributed by atoms with Crippen LogP contribution in [-0.2, 0) is 9.53 Å². The molecule has 7 heteroatoms. The van der Waals surface area contributed by atoms with Gasteiger partial charge in [-0.05, 0) is 43.9 Å². The Kier molecular flexibility index (Phi) is 8.54. The van der Waals surface area contributed by atoms with Crippen LogP contribution in [0.25, 0.3) is 0 Å². The summed E-state index contributed by atoms with van der Waals surface area (Å²) in [6.45, 7) is 8.24. The Hall–Kier alpha value is -1.96.